The Bertz CT molecular complexity index is 257. The summed E-state index contributed by atoms with van der Waals surface area (Å²) in [5.74, 6) is 0.860. The average Bonchev–Trinajstić information content (AvgIpc) is 2.35. The van der Waals surface area contributed by atoms with E-state index >= 15 is 0 Å². The van der Waals surface area contributed by atoms with Crippen LogP contribution in [0.5, 0.6) is 0 Å². The van der Waals surface area contributed by atoms with E-state index in [0.717, 1.165) is 5.92 Å². The Morgan fingerprint density at radius 2 is 1.16 bits per heavy atom. The maximum atomic E-state index is 2.94. The van der Waals surface area contributed by atoms with Crippen LogP contribution in [0.25, 0.3) is 0 Å². The lowest BCUT2D eigenvalue weighted by molar-refractivity contribution is -0.143. The molecule has 0 N–H and O–H groups in total. The maximum Gasteiger partial charge on any atom is 0.0217 e. The Morgan fingerprint density at radius 1 is 0.842 bits per heavy atom. The number of rotatable bonds is 4. The monoisotopic (exact) mass is 267 g/mol. The van der Waals surface area contributed by atoms with E-state index in [4.69, 9.17) is 0 Å². The second-order valence-electron chi connectivity index (χ2n) is 7.88. The minimum absolute atomic E-state index is 0.262. The van der Waals surface area contributed by atoms with Crippen molar-refractivity contribution >= 4 is 0 Å². The molecule has 19 heavy (non-hydrogen) atoms. The normalized spacial score (nSPS) is 24.6. The molecule has 0 saturated carbocycles. The summed E-state index contributed by atoms with van der Waals surface area (Å²) in [5.41, 5.74) is 1.07. The van der Waals surface area contributed by atoms with Crippen molar-refractivity contribution in [2.75, 3.05) is 0 Å². The van der Waals surface area contributed by atoms with E-state index in [1.54, 1.807) is 0 Å². The van der Waals surface area contributed by atoms with Gasteiger partial charge in [0.1, 0.15) is 0 Å². The van der Waals surface area contributed by atoms with E-state index in [9.17, 15) is 0 Å². The van der Waals surface area contributed by atoms with Gasteiger partial charge >= 0.3 is 0 Å². The lowest BCUT2D eigenvalue weighted by atomic mass is 9.65. The summed E-state index contributed by atoms with van der Waals surface area (Å²) in [5, 5.41) is 0. The van der Waals surface area contributed by atoms with Crippen LogP contribution in [0.2, 0.25) is 0 Å². The number of likely N-dealkylation sites (tertiary alicyclic amines) is 1. The molecule has 114 valence electrons. The number of hydrogen-bond acceptors (Lipinski definition) is 1. The third-order valence-electron chi connectivity index (χ3n) is 5.71. The summed E-state index contributed by atoms with van der Waals surface area (Å²) in [4.78, 5) is 2.94. The fourth-order valence-electron chi connectivity index (χ4n) is 5.19. The van der Waals surface area contributed by atoms with Gasteiger partial charge < -0.3 is 0 Å². The van der Waals surface area contributed by atoms with Crippen molar-refractivity contribution in [1.82, 2.24) is 4.90 Å². The standard InChI is InChI=1S/C18H37N/c1-9-17(10-2)13-15(5)14-18(11-3,12-4)19(17)16(6,7)8/h15H,9-14H2,1-8H3. The Morgan fingerprint density at radius 3 is 1.37 bits per heavy atom. The van der Waals surface area contributed by atoms with Gasteiger partial charge in [-0.1, -0.05) is 34.6 Å². The smallest absolute Gasteiger partial charge is 0.0217 e. The van der Waals surface area contributed by atoms with Crippen molar-refractivity contribution in [1.29, 1.82) is 0 Å². The van der Waals surface area contributed by atoms with Crippen LogP contribution < -0.4 is 0 Å². The molecule has 1 aliphatic rings. The van der Waals surface area contributed by atoms with Crippen molar-refractivity contribution in [2.45, 2.75) is 111 Å². The fourth-order valence-corrected chi connectivity index (χ4v) is 5.19. The highest BCUT2D eigenvalue weighted by atomic mass is 15.3. The van der Waals surface area contributed by atoms with Gasteiger partial charge in [0.05, 0.1) is 0 Å². The topological polar surface area (TPSA) is 3.24 Å². The zero-order chi connectivity index (χ0) is 14.9. The molecule has 0 aromatic rings. The Labute approximate surface area is 122 Å². The van der Waals surface area contributed by atoms with Gasteiger partial charge in [-0.15, -0.1) is 0 Å². The SMILES string of the molecule is CCC1(CC)CC(C)CC(CC)(CC)N1C(C)(C)C. The zero-order valence-electron chi connectivity index (χ0n) is 14.8. The van der Waals surface area contributed by atoms with Gasteiger partial charge in [0.15, 0.2) is 0 Å². The van der Waals surface area contributed by atoms with Crippen LogP contribution in [-0.2, 0) is 0 Å². The summed E-state index contributed by atoms with van der Waals surface area (Å²) >= 11 is 0. The van der Waals surface area contributed by atoms with Crippen molar-refractivity contribution < 1.29 is 0 Å². The molecule has 1 fully saturated rings. The van der Waals surface area contributed by atoms with Gasteiger partial charge in [-0.05, 0) is 65.2 Å². The molecular weight excluding hydrogens is 230 g/mol. The third kappa shape index (κ3) is 2.86. The minimum Gasteiger partial charge on any atom is -0.287 e. The van der Waals surface area contributed by atoms with Crippen LogP contribution in [0.15, 0.2) is 0 Å². The van der Waals surface area contributed by atoms with Crippen LogP contribution in [0.1, 0.15) is 93.9 Å². The summed E-state index contributed by atoms with van der Waals surface area (Å²) in [6, 6.07) is 0. The lowest BCUT2D eigenvalue weighted by Gasteiger charge is -2.64. The van der Waals surface area contributed by atoms with Crippen molar-refractivity contribution in [2.24, 2.45) is 5.92 Å². The molecule has 0 atom stereocenters. The molecular formula is C18H37N. The molecule has 0 unspecified atom stereocenters. The van der Waals surface area contributed by atoms with Gasteiger partial charge in [0.25, 0.3) is 0 Å². The first-order valence-electron chi connectivity index (χ1n) is 8.51. The Hall–Kier alpha value is -0.0400. The molecule has 0 spiro atoms. The molecule has 1 nitrogen and oxygen atoms in total. The predicted molar refractivity (Wildman–Crippen MR) is 86.6 cm³/mol. The van der Waals surface area contributed by atoms with Crippen LogP contribution in [0.3, 0.4) is 0 Å². The summed E-state index contributed by atoms with van der Waals surface area (Å²) in [7, 11) is 0. The minimum atomic E-state index is 0.262. The van der Waals surface area contributed by atoms with E-state index in [1.165, 1.54) is 38.5 Å². The number of piperidine rings is 1. The van der Waals surface area contributed by atoms with Crippen molar-refractivity contribution in [3.05, 3.63) is 0 Å². The Kier molecular flexibility index (Phi) is 5.15. The molecule has 0 bridgehead atoms. The van der Waals surface area contributed by atoms with Gasteiger partial charge in [-0.3, -0.25) is 4.90 Å². The van der Waals surface area contributed by atoms with Crippen LogP contribution in [0, 0.1) is 5.92 Å². The molecule has 1 heteroatoms. The van der Waals surface area contributed by atoms with Crippen LogP contribution in [0.4, 0.5) is 0 Å². The number of nitrogens with zero attached hydrogens (tertiary/aromatic N) is 1. The van der Waals surface area contributed by atoms with Gasteiger partial charge in [-0.2, -0.15) is 0 Å². The maximum absolute atomic E-state index is 2.94. The second-order valence-corrected chi connectivity index (χ2v) is 7.88. The summed E-state index contributed by atoms with van der Waals surface area (Å²) < 4.78 is 0. The highest BCUT2D eigenvalue weighted by Crippen LogP contribution is 2.51. The van der Waals surface area contributed by atoms with E-state index < -0.39 is 0 Å². The van der Waals surface area contributed by atoms with Gasteiger partial charge in [0, 0.05) is 16.6 Å². The molecule has 0 aliphatic carbocycles. The average molecular weight is 268 g/mol. The zero-order valence-corrected chi connectivity index (χ0v) is 14.8. The lowest BCUT2D eigenvalue weighted by Crippen LogP contribution is -2.70. The van der Waals surface area contributed by atoms with Crippen LogP contribution in [-0.4, -0.2) is 21.5 Å². The first kappa shape index (κ1) is 17.0. The Balaban J connectivity index is 3.37. The number of hydrogen-bond donors (Lipinski definition) is 0. The van der Waals surface area contributed by atoms with E-state index in [1.807, 2.05) is 0 Å². The summed E-state index contributed by atoms with van der Waals surface area (Å²) in [6.07, 6.45) is 7.89. The van der Waals surface area contributed by atoms with Gasteiger partial charge in [0.2, 0.25) is 0 Å². The molecule has 1 heterocycles. The molecule has 1 saturated heterocycles. The first-order valence-corrected chi connectivity index (χ1v) is 8.51. The quantitative estimate of drug-likeness (QED) is 0.637. The predicted octanol–water partition coefficient (Wildman–Crippen LogP) is 5.63. The molecule has 0 aromatic heterocycles. The van der Waals surface area contributed by atoms with Crippen LogP contribution >= 0.6 is 0 Å². The van der Waals surface area contributed by atoms with Crippen molar-refractivity contribution in [3.63, 3.8) is 0 Å². The second kappa shape index (κ2) is 5.76. The van der Waals surface area contributed by atoms with Gasteiger partial charge in [-0.25, -0.2) is 0 Å². The van der Waals surface area contributed by atoms with E-state index in [2.05, 4.69) is 60.3 Å². The third-order valence-corrected chi connectivity index (χ3v) is 5.71. The molecule has 0 aromatic carbocycles. The highest BCUT2D eigenvalue weighted by molar-refractivity contribution is 5.09. The van der Waals surface area contributed by atoms with Crippen molar-refractivity contribution in [3.8, 4) is 0 Å². The first-order chi connectivity index (χ1) is 8.71. The molecule has 1 aliphatic heterocycles. The molecule has 1 rings (SSSR count). The summed E-state index contributed by atoms with van der Waals surface area (Å²) in [6.45, 7) is 19.3. The fraction of sp³-hybridized carbons (Fsp3) is 1.00. The van der Waals surface area contributed by atoms with E-state index in [-0.39, 0.29) is 5.54 Å². The van der Waals surface area contributed by atoms with E-state index in [0.29, 0.717) is 11.1 Å². The molecule has 0 radical (unpaired) electrons. The highest BCUT2D eigenvalue weighted by Gasteiger charge is 2.53. The molecule has 0 amide bonds. The largest absolute Gasteiger partial charge is 0.287 e.